The minimum Gasteiger partial charge on any atom is -0.370 e. The largest absolute Gasteiger partial charge is 0.370 e. The zero-order chi connectivity index (χ0) is 20.5. The molecule has 0 radical (unpaired) electrons. The fraction of sp³-hybridized carbons (Fsp3) is 0.680. The van der Waals surface area contributed by atoms with Crippen LogP contribution >= 0.6 is 0 Å². The molecule has 0 aromatic heterocycles. The Morgan fingerprint density at radius 2 is 1.70 bits per heavy atom. The van der Waals surface area contributed by atoms with E-state index in [9.17, 15) is 9.59 Å². The number of hydrogen-bond donors (Lipinski definition) is 1. The van der Waals surface area contributed by atoms with Gasteiger partial charge in [-0.2, -0.15) is 0 Å². The van der Waals surface area contributed by atoms with Gasteiger partial charge < -0.3 is 15.0 Å². The number of benzene rings is 1. The van der Waals surface area contributed by atoms with Gasteiger partial charge in [0.15, 0.2) is 0 Å². The first kappa shape index (κ1) is 20.0. The number of rotatable bonds is 4. The Morgan fingerprint density at radius 1 is 0.967 bits per heavy atom. The molecular formula is C25H34N2O3. The first-order valence-electron chi connectivity index (χ1n) is 12.0. The van der Waals surface area contributed by atoms with Crippen molar-refractivity contribution in [3.8, 4) is 0 Å². The number of fused-ring (bicyclic) bond motifs is 1. The van der Waals surface area contributed by atoms with Crippen LogP contribution in [0, 0.1) is 17.8 Å². The molecule has 2 heterocycles. The van der Waals surface area contributed by atoms with E-state index in [4.69, 9.17) is 4.74 Å². The summed E-state index contributed by atoms with van der Waals surface area (Å²) >= 11 is 0. The number of ether oxygens (including phenoxy) is 1. The van der Waals surface area contributed by atoms with Crippen LogP contribution in [0.5, 0.6) is 0 Å². The molecule has 0 spiro atoms. The van der Waals surface area contributed by atoms with E-state index in [0.29, 0.717) is 11.8 Å². The van der Waals surface area contributed by atoms with Crippen molar-refractivity contribution in [1.82, 2.24) is 4.90 Å². The summed E-state index contributed by atoms with van der Waals surface area (Å²) in [6.45, 7) is 1.68. The number of carbonyl (C=O) groups excluding carboxylic acids is 2. The summed E-state index contributed by atoms with van der Waals surface area (Å²) in [5.74, 6) is 1.39. The van der Waals surface area contributed by atoms with Crippen LogP contribution in [0.2, 0.25) is 0 Å². The molecule has 162 valence electrons. The van der Waals surface area contributed by atoms with Crippen LogP contribution in [-0.4, -0.2) is 35.9 Å². The predicted octanol–water partition coefficient (Wildman–Crippen LogP) is 4.68. The van der Waals surface area contributed by atoms with E-state index in [1.807, 2.05) is 12.1 Å². The molecule has 4 aliphatic rings. The van der Waals surface area contributed by atoms with E-state index in [1.165, 1.54) is 12.8 Å². The fourth-order valence-corrected chi connectivity index (χ4v) is 6.05. The smallest absolute Gasteiger partial charge is 0.227 e. The molecule has 5 heteroatoms. The molecule has 0 unspecified atom stereocenters. The second-order valence-electron chi connectivity index (χ2n) is 9.81. The number of piperidine rings is 1. The van der Waals surface area contributed by atoms with Crippen molar-refractivity contribution in [2.75, 3.05) is 18.4 Å². The second kappa shape index (κ2) is 8.70. The van der Waals surface area contributed by atoms with E-state index in [0.717, 1.165) is 75.7 Å². The first-order valence-corrected chi connectivity index (χ1v) is 12.0. The molecule has 5 nitrogen and oxygen atoms in total. The van der Waals surface area contributed by atoms with Crippen molar-refractivity contribution in [3.63, 3.8) is 0 Å². The summed E-state index contributed by atoms with van der Waals surface area (Å²) < 4.78 is 6.41. The highest BCUT2D eigenvalue weighted by atomic mass is 16.5. The predicted molar refractivity (Wildman–Crippen MR) is 116 cm³/mol. The van der Waals surface area contributed by atoms with Gasteiger partial charge >= 0.3 is 0 Å². The summed E-state index contributed by atoms with van der Waals surface area (Å²) in [5.41, 5.74) is 2.02. The van der Waals surface area contributed by atoms with Crippen molar-refractivity contribution in [1.29, 1.82) is 0 Å². The summed E-state index contributed by atoms with van der Waals surface area (Å²) in [6.07, 6.45) is 11.1. The lowest BCUT2D eigenvalue weighted by Gasteiger charge is -2.35. The fourth-order valence-electron chi connectivity index (χ4n) is 6.05. The Morgan fingerprint density at radius 3 is 2.47 bits per heavy atom. The second-order valence-corrected chi connectivity index (χ2v) is 9.81. The molecule has 3 atom stereocenters. The van der Waals surface area contributed by atoms with Crippen LogP contribution in [0.4, 0.5) is 5.69 Å². The van der Waals surface area contributed by atoms with Gasteiger partial charge in [0.05, 0.1) is 12.2 Å². The maximum atomic E-state index is 12.8. The van der Waals surface area contributed by atoms with Crippen LogP contribution in [0.15, 0.2) is 24.3 Å². The summed E-state index contributed by atoms with van der Waals surface area (Å²) in [5, 5.41) is 3.12. The van der Waals surface area contributed by atoms with Crippen molar-refractivity contribution < 1.29 is 14.3 Å². The Labute approximate surface area is 179 Å². The van der Waals surface area contributed by atoms with Crippen LogP contribution in [0.1, 0.15) is 75.9 Å². The van der Waals surface area contributed by atoms with Gasteiger partial charge in [0, 0.05) is 36.5 Å². The lowest BCUT2D eigenvalue weighted by atomic mass is 9.90. The molecule has 30 heavy (non-hydrogen) atoms. The van der Waals surface area contributed by atoms with Crippen LogP contribution in [0.3, 0.4) is 0 Å². The zero-order valence-corrected chi connectivity index (χ0v) is 17.9. The maximum Gasteiger partial charge on any atom is 0.227 e. The molecular weight excluding hydrogens is 376 g/mol. The minimum atomic E-state index is 0.0601. The molecule has 4 fully saturated rings. The van der Waals surface area contributed by atoms with E-state index in [-0.39, 0.29) is 30.0 Å². The van der Waals surface area contributed by atoms with Gasteiger partial charge in [-0.05, 0) is 56.2 Å². The normalized spacial score (nSPS) is 29.9. The number of carbonyl (C=O) groups is 2. The van der Waals surface area contributed by atoms with Crippen LogP contribution in [-0.2, 0) is 14.3 Å². The third-order valence-electron chi connectivity index (χ3n) is 7.79. The highest BCUT2D eigenvalue weighted by Crippen LogP contribution is 2.42. The first-order chi connectivity index (χ1) is 14.7. The molecule has 5 rings (SSSR count). The van der Waals surface area contributed by atoms with Crippen LogP contribution < -0.4 is 5.32 Å². The van der Waals surface area contributed by atoms with E-state index < -0.39 is 0 Å². The van der Waals surface area contributed by atoms with Gasteiger partial charge in [0.25, 0.3) is 0 Å². The van der Waals surface area contributed by atoms with Crippen LogP contribution in [0.25, 0.3) is 0 Å². The Bertz CT molecular complexity index is 782. The molecule has 2 aliphatic heterocycles. The van der Waals surface area contributed by atoms with Gasteiger partial charge in [0.1, 0.15) is 0 Å². The molecule has 2 amide bonds. The van der Waals surface area contributed by atoms with Crippen molar-refractivity contribution >= 4 is 17.5 Å². The van der Waals surface area contributed by atoms with Gasteiger partial charge in [0.2, 0.25) is 11.8 Å². The third kappa shape index (κ3) is 4.14. The molecule has 2 aliphatic carbocycles. The lowest BCUT2D eigenvalue weighted by molar-refractivity contribution is -0.138. The SMILES string of the molecule is O=C(Nc1cccc([C@H]2C[C@H]3CN(C(=O)C4CCCC4)CC[C@@H]3O2)c1)C1CCCC1. The number of nitrogens with one attached hydrogen (secondary N) is 1. The highest BCUT2D eigenvalue weighted by Gasteiger charge is 2.41. The molecule has 2 saturated heterocycles. The number of anilines is 1. The highest BCUT2D eigenvalue weighted by molar-refractivity contribution is 5.92. The summed E-state index contributed by atoms with van der Waals surface area (Å²) in [7, 11) is 0. The minimum absolute atomic E-state index is 0.0601. The third-order valence-corrected chi connectivity index (χ3v) is 7.79. The van der Waals surface area contributed by atoms with Crippen molar-refractivity contribution in [3.05, 3.63) is 29.8 Å². The van der Waals surface area contributed by atoms with Gasteiger partial charge in [-0.1, -0.05) is 37.8 Å². The number of amides is 2. The molecule has 1 N–H and O–H groups in total. The zero-order valence-electron chi connectivity index (χ0n) is 17.9. The number of likely N-dealkylation sites (tertiary alicyclic amines) is 1. The number of hydrogen-bond acceptors (Lipinski definition) is 3. The molecule has 1 aromatic rings. The Kier molecular flexibility index (Phi) is 5.81. The maximum absolute atomic E-state index is 12.8. The average molecular weight is 411 g/mol. The van der Waals surface area contributed by atoms with Gasteiger partial charge in [-0.3, -0.25) is 9.59 Å². The quantitative estimate of drug-likeness (QED) is 0.784. The topological polar surface area (TPSA) is 58.6 Å². The van der Waals surface area contributed by atoms with Gasteiger partial charge in [-0.15, -0.1) is 0 Å². The van der Waals surface area contributed by atoms with E-state index in [2.05, 4.69) is 22.3 Å². The Balaban J connectivity index is 1.20. The van der Waals surface area contributed by atoms with E-state index in [1.54, 1.807) is 0 Å². The molecule has 2 saturated carbocycles. The Hall–Kier alpha value is -1.88. The monoisotopic (exact) mass is 410 g/mol. The molecule has 0 bridgehead atoms. The summed E-state index contributed by atoms with van der Waals surface area (Å²) in [6, 6.07) is 8.17. The number of nitrogens with zero attached hydrogens (tertiary/aromatic N) is 1. The van der Waals surface area contributed by atoms with E-state index >= 15 is 0 Å². The standard InChI is InChI=1S/C25H34N2O3/c28-24(17-6-1-2-7-17)26-21-11-5-10-19(14-21)23-15-20-16-27(13-12-22(20)30-23)25(29)18-8-3-4-9-18/h5,10-11,14,17-18,20,22-23H,1-4,6-9,12-13,15-16H2,(H,26,28)/t20-,22-,23+/m0/s1. The van der Waals surface area contributed by atoms with Crippen molar-refractivity contribution in [2.24, 2.45) is 17.8 Å². The summed E-state index contributed by atoms with van der Waals surface area (Å²) in [4.78, 5) is 27.4. The van der Waals surface area contributed by atoms with Crippen molar-refractivity contribution in [2.45, 2.75) is 76.4 Å². The molecule has 1 aromatic carbocycles. The lowest BCUT2D eigenvalue weighted by Crippen LogP contribution is -2.46. The van der Waals surface area contributed by atoms with Gasteiger partial charge in [-0.25, -0.2) is 0 Å². The average Bonchev–Trinajstić information content (AvgIpc) is 3.54.